The number of ether oxygens (including phenoxy) is 2. The Morgan fingerprint density at radius 3 is 2.36 bits per heavy atom. The zero-order valence-corrected chi connectivity index (χ0v) is 15.1. The number of hydrogen-bond donors (Lipinski definition) is 0. The highest BCUT2D eigenvalue weighted by atomic mass is 16.6. The molecule has 0 aromatic heterocycles. The number of hydrogen-bond acceptors (Lipinski definition) is 6. The van der Waals surface area contributed by atoms with Crippen molar-refractivity contribution in [2.75, 3.05) is 13.7 Å². The third-order valence-corrected chi connectivity index (χ3v) is 3.99. The van der Waals surface area contributed by atoms with E-state index >= 15 is 0 Å². The van der Waals surface area contributed by atoms with E-state index in [1.54, 1.807) is 27.7 Å². The average molecular weight is 353 g/mol. The van der Waals surface area contributed by atoms with Crippen molar-refractivity contribution in [1.29, 1.82) is 0 Å². The van der Waals surface area contributed by atoms with E-state index in [0.29, 0.717) is 6.42 Å². The molecule has 9 heteroatoms. The van der Waals surface area contributed by atoms with Crippen molar-refractivity contribution in [3.8, 4) is 0 Å². The van der Waals surface area contributed by atoms with Crippen molar-refractivity contribution < 1.29 is 33.4 Å². The Kier molecular flexibility index (Phi) is 6.20. The van der Waals surface area contributed by atoms with Crippen LogP contribution in [0, 0.1) is 5.41 Å². The topological polar surface area (TPSA) is 126 Å². The number of methoxy groups -OCH3 is 1. The average Bonchev–Trinajstić information content (AvgIpc) is 2.53. The molecule has 25 heavy (non-hydrogen) atoms. The van der Waals surface area contributed by atoms with Crippen LogP contribution in [0.3, 0.4) is 0 Å². The van der Waals surface area contributed by atoms with Gasteiger partial charge in [-0.15, -0.1) is 0 Å². The number of nitrogens with zero attached hydrogens (tertiary/aromatic N) is 3. The second kappa shape index (κ2) is 7.57. The summed E-state index contributed by atoms with van der Waals surface area (Å²) >= 11 is 0. The molecule has 0 N–H and O–H groups in total. The van der Waals surface area contributed by atoms with Crippen LogP contribution in [0.5, 0.6) is 0 Å². The van der Waals surface area contributed by atoms with Crippen molar-refractivity contribution in [3.63, 3.8) is 0 Å². The number of piperidine rings is 1. The smallest absolute Gasteiger partial charge is 0.442 e. The van der Waals surface area contributed by atoms with Gasteiger partial charge in [0.05, 0.1) is 7.11 Å². The lowest BCUT2D eigenvalue weighted by Gasteiger charge is -2.38. The predicted molar refractivity (Wildman–Crippen MR) is 85.6 cm³/mol. The molecule has 0 saturated carbocycles. The minimum atomic E-state index is -1.68. The van der Waals surface area contributed by atoms with Crippen LogP contribution >= 0.6 is 0 Å². The molecule has 1 saturated heterocycles. The van der Waals surface area contributed by atoms with Crippen LogP contribution in [0.1, 0.15) is 47.0 Å². The SMILES string of the molecule is CC[C@]1(C(=O)C(=[N+]=[N-])C(=O)OC)CCCN(C(=O)OC(C)(C)C)C1=O. The highest BCUT2D eigenvalue weighted by Gasteiger charge is 2.56. The zero-order valence-electron chi connectivity index (χ0n) is 15.1. The summed E-state index contributed by atoms with van der Waals surface area (Å²) in [4.78, 5) is 53.1. The van der Waals surface area contributed by atoms with Gasteiger partial charge >= 0.3 is 17.8 Å². The van der Waals surface area contributed by atoms with Crippen molar-refractivity contribution in [3.05, 3.63) is 5.53 Å². The van der Waals surface area contributed by atoms with Gasteiger partial charge in [-0.25, -0.2) is 14.5 Å². The number of imide groups is 1. The minimum Gasteiger partial charge on any atom is -0.460 e. The van der Waals surface area contributed by atoms with Gasteiger partial charge in [0.1, 0.15) is 11.0 Å². The molecule has 0 bridgehead atoms. The quantitative estimate of drug-likeness (QED) is 0.247. The molecule has 1 fully saturated rings. The summed E-state index contributed by atoms with van der Waals surface area (Å²) in [6, 6.07) is 0. The van der Waals surface area contributed by atoms with E-state index in [4.69, 9.17) is 10.3 Å². The highest BCUT2D eigenvalue weighted by Crippen LogP contribution is 2.36. The molecule has 0 spiro atoms. The van der Waals surface area contributed by atoms with Gasteiger partial charge in [-0.1, -0.05) is 6.92 Å². The summed E-state index contributed by atoms with van der Waals surface area (Å²) in [5.74, 6) is -2.89. The zero-order chi connectivity index (χ0) is 19.4. The molecule has 1 heterocycles. The molecule has 0 aromatic rings. The first-order valence-corrected chi connectivity index (χ1v) is 7.94. The third-order valence-electron chi connectivity index (χ3n) is 3.99. The Morgan fingerprint density at radius 2 is 1.92 bits per heavy atom. The van der Waals surface area contributed by atoms with Crippen LogP contribution in [0.4, 0.5) is 4.79 Å². The second-order valence-corrected chi connectivity index (χ2v) is 6.75. The Bertz CT molecular complexity index is 645. The van der Waals surface area contributed by atoms with E-state index in [9.17, 15) is 19.2 Å². The molecular formula is C16H23N3O6. The Balaban J connectivity index is 3.24. The third kappa shape index (κ3) is 4.11. The molecule has 1 rings (SSSR count). The first kappa shape index (κ1) is 20.5. The van der Waals surface area contributed by atoms with Crippen LogP contribution in [0.15, 0.2) is 0 Å². The maximum absolute atomic E-state index is 12.9. The Morgan fingerprint density at radius 1 is 1.32 bits per heavy atom. The van der Waals surface area contributed by atoms with Gasteiger partial charge in [-0.2, -0.15) is 4.79 Å². The van der Waals surface area contributed by atoms with E-state index < -0.39 is 40.5 Å². The second-order valence-electron chi connectivity index (χ2n) is 6.75. The number of amides is 2. The normalized spacial score (nSPS) is 20.5. The largest absolute Gasteiger partial charge is 0.460 e. The van der Waals surface area contributed by atoms with Gasteiger partial charge in [-0.05, 0) is 40.0 Å². The standard InChI is InChI=1S/C16H23N3O6/c1-6-16(11(20)10(18-17)12(21)24-5)8-7-9-19(13(16)22)14(23)25-15(2,3)4/h6-9H2,1-5H3/t16-/m1/s1. The molecule has 0 aromatic carbocycles. The summed E-state index contributed by atoms with van der Waals surface area (Å²) in [6.07, 6.45) is -0.357. The van der Waals surface area contributed by atoms with Crippen LogP contribution in [0.2, 0.25) is 0 Å². The molecule has 0 radical (unpaired) electrons. The lowest BCUT2D eigenvalue weighted by Crippen LogP contribution is -2.57. The molecule has 0 unspecified atom stereocenters. The summed E-state index contributed by atoms with van der Waals surface area (Å²) in [5.41, 5.74) is 5.65. The molecule has 1 aliphatic heterocycles. The highest BCUT2D eigenvalue weighted by molar-refractivity contribution is 6.64. The van der Waals surface area contributed by atoms with Crippen molar-refractivity contribution in [1.82, 2.24) is 4.90 Å². The molecular weight excluding hydrogens is 330 g/mol. The molecule has 0 aliphatic carbocycles. The number of esters is 1. The molecule has 1 atom stereocenters. The fraction of sp³-hybridized carbons (Fsp3) is 0.688. The molecule has 2 amide bonds. The van der Waals surface area contributed by atoms with Crippen LogP contribution in [-0.2, 0) is 23.9 Å². The van der Waals surface area contributed by atoms with E-state index in [0.717, 1.165) is 12.0 Å². The van der Waals surface area contributed by atoms with Gasteiger partial charge in [0.2, 0.25) is 5.91 Å². The summed E-state index contributed by atoms with van der Waals surface area (Å²) in [6.45, 7) is 6.66. The predicted octanol–water partition coefficient (Wildman–Crippen LogP) is 1.35. The Hall–Kier alpha value is -2.54. The monoisotopic (exact) mass is 353 g/mol. The number of ketones is 1. The maximum Gasteiger partial charge on any atom is 0.442 e. The van der Waals surface area contributed by atoms with Gasteiger partial charge in [0.15, 0.2) is 0 Å². The minimum absolute atomic E-state index is 0.0278. The number of carbonyl (C=O) groups excluding carboxylic acids is 4. The number of Topliss-reactive ketones (excluding diaryl/α,β-unsaturated/α-hetero) is 1. The maximum atomic E-state index is 12.9. The van der Waals surface area contributed by atoms with Crippen molar-refractivity contribution in [2.45, 2.75) is 52.6 Å². The fourth-order valence-corrected chi connectivity index (χ4v) is 2.70. The lowest BCUT2D eigenvalue weighted by atomic mass is 9.72. The van der Waals surface area contributed by atoms with Crippen LogP contribution in [0.25, 0.3) is 5.53 Å². The molecule has 138 valence electrons. The molecule has 9 nitrogen and oxygen atoms in total. The summed E-state index contributed by atoms with van der Waals surface area (Å²) in [7, 11) is 1.02. The Labute approximate surface area is 145 Å². The van der Waals surface area contributed by atoms with E-state index in [1.807, 2.05) is 0 Å². The van der Waals surface area contributed by atoms with E-state index in [2.05, 4.69) is 9.53 Å². The van der Waals surface area contributed by atoms with E-state index in [1.165, 1.54) is 0 Å². The first-order valence-electron chi connectivity index (χ1n) is 7.94. The first-order chi connectivity index (χ1) is 11.5. The van der Waals surface area contributed by atoms with Gasteiger partial charge in [-0.3, -0.25) is 9.59 Å². The number of carbonyl (C=O) groups is 4. The van der Waals surface area contributed by atoms with Crippen LogP contribution < -0.4 is 0 Å². The lowest BCUT2D eigenvalue weighted by molar-refractivity contribution is -0.153. The van der Waals surface area contributed by atoms with Gasteiger partial charge in [0, 0.05) is 6.54 Å². The van der Waals surface area contributed by atoms with E-state index in [-0.39, 0.29) is 19.4 Å². The fourth-order valence-electron chi connectivity index (χ4n) is 2.70. The van der Waals surface area contributed by atoms with Crippen molar-refractivity contribution in [2.24, 2.45) is 5.41 Å². The van der Waals surface area contributed by atoms with Crippen LogP contribution in [-0.4, -0.2) is 58.4 Å². The summed E-state index contributed by atoms with van der Waals surface area (Å²) < 4.78 is 9.62. The van der Waals surface area contributed by atoms with Gasteiger partial charge < -0.3 is 15.0 Å². The van der Waals surface area contributed by atoms with Crippen molar-refractivity contribution >= 4 is 29.5 Å². The van der Waals surface area contributed by atoms with Gasteiger partial charge in [0.25, 0.3) is 5.78 Å². The molecule has 1 aliphatic rings. The number of likely N-dealkylation sites (tertiary alicyclic amines) is 1. The summed E-state index contributed by atoms with van der Waals surface area (Å²) in [5, 5.41) is 0. The number of rotatable bonds is 4.